The van der Waals surface area contributed by atoms with E-state index in [1.54, 1.807) is 11.9 Å². The number of nitrogens with zero attached hydrogens (tertiary/aromatic N) is 1. The van der Waals surface area contributed by atoms with Gasteiger partial charge in [0.15, 0.2) is 5.78 Å². The Morgan fingerprint density at radius 1 is 1.60 bits per heavy atom. The third-order valence-corrected chi connectivity index (χ3v) is 4.68. The van der Waals surface area contributed by atoms with Gasteiger partial charge in [-0.3, -0.25) is 19.3 Å². The number of likely N-dealkylation sites (tertiary alicyclic amines) is 1. The fourth-order valence-corrected chi connectivity index (χ4v) is 3.13. The molecule has 0 bridgehead atoms. The summed E-state index contributed by atoms with van der Waals surface area (Å²) < 4.78 is 0. The van der Waals surface area contributed by atoms with Crippen LogP contribution in [-0.2, 0) is 14.4 Å². The summed E-state index contributed by atoms with van der Waals surface area (Å²) in [7, 11) is 1.76. The Labute approximate surface area is 117 Å². The summed E-state index contributed by atoms with van der Waals surface area (Å²) in [5, 5.41) is 12.2. The van der Waals surface area contributed by atoms with Gasteiger partial charge in [0, 0.05) is 13.0 Å². The van der Waals surface area contributed by atoms with Gasteiger partial charge in [-0.15, -0.1) is 0 Å². The summed E-state index contributed by atoms with van der Waals surface area (Å²) in [6.45, 7) is 2.00. The van der Waals surface area contributed by atoms with Crippen LogP contribution in [0.15, 0.2) is 0 Å². The number of amides is 2. The van der Waals surface area contributed by atoms with E-state index >= 15 is 0 Å². The maximum Gasteiger partial charge on any atom is 0.242 e. The molecule has 20 heavy (non-hydrogen) atoms. The molecule has 7 nitrogen and oxygen atoms in total. The van der Waals surface area contributed by atoms with Crippen LogP contribution in [0, 0.1) is 5.92 Å². The molecule has 7 heteroatoms. The molecule has 4 atom stereocenters. The number of carbonyl (C=O) groups excluding carboxylic acids is 3. The van der Waals surface area contributed by atoms with E-state index in [0.717, 1.165) is 0 Å². The molecule has 0 aliphatic carbocycles. The molecule has 2 amide bonds. The van der Waals surface area contributed by atoms with Gasteiger partial charge in [-0.25, -0.2) is 0 Å². The van der Waals surface area contributed by atoms with Crippen molar-refractivity contribution in [2.75, 3.05) is 13.6 Å². The Kier molecular flexibility index (Phi) is 3.84. The number of β-lactam (4-membered cyclic amide) rings is 1. The number of likely N-dealkylation sites (N-methyl/N-ethyl adjacent to an activating group) is 1. The van der Waals surface area contributed by atoms with E-state index in [9.17, 15) is 19.5 Å². The van der Waals surface area contributed by atoms with Crippen LogP contribution in [-0.4, -0.2) is 58.9 Å². The molecule has 2 aliphatic heterocycles. The number of rotatable bonds is 5. The van der Waals surface area contributed by atoms with Gasteiger partial charge in [0.05, 0.1) is 18.1 Å². The molecular formula is C13H21N3O4. The van der Waals surface area contributed by atoms with Crippen LogP contribution < -0.4 is 11.1 Å². The molecule has 2 fully saturated rings. The molecule has 4 N–H and O–H groups in total. The van der Waals surface area contributed by atoms with Crippen molar-refractivity contribution in [1.29, 1.82) is 0 Å². The lowest BCUT2D eigenvalue weighted by atomic mass is 9.89. The van der Waals surface area contributed by atoms with Gasteiger partial charge in [-0.05, 0) is 26.8 Å². The zero-order valence-electron chi connectivity index (χ0n) is 11.8. The predicted octanol–water partition coefficient (Wildman–Crippen LogP) is -1.61. The highest BCUT2D eigenvalue weighted by molar-refractivity contribution is 5.96. The number of ketones is 1. The van der Waals surface area contributed by atoms with Crippen LogP contribution in [0.25, 0.3) is 0 Å². The van der Waals surface area contributed by atoms with Crippen LogP contribution in [0.3, 0.4) is 0 Å². The Morgan fingerprint density at radius 2 is 2.25 bits per heavy atom. The number of primary amides is 1. The van der Waals surface area contributed by atoms with Gasteiger partial charge < -0.3 is 16.2 Å². The van der Waals surface area contributed by atoms with Crippen molar-refractivity contribution < 1.29 is 19.5 Å². The van der Waals surface area contributed by atoms with Gasteiger partial charge in [0.2, 0.25) is 11.8 Å². The van der Waals surface area contributed by atoms with Crippen molar-refractivity contribution in [2.24, 2.45) is 11.7 Å². The van der Waals surface area contributed by atoms with E-state index in [1.807, 2.05) is 0 Å². The minimum atomic E-state index is -0.955. The second-order valence-electron chi connectivity index (χ2n) is 5.80. The Balaban J connectivity index is 2.04. The third-order valence-electron chi connectivity index (χ3n) is 4.68. The second-order valence-corrected chi connectivity index (χ2v) is 5.80. The molecule has 2 unspecified atom stereocenters. The number of hydrogen-bond donors (Lipinski definition) is 3. The van der Waals surface area contributed by atoms with Gasteiger partial charge in [0.25, 0.3) is 0 Å². The van der Waals surface area contributed by atoms with Crippen molar-refractivity contribution in [2.45, 2.75) is 43.9 Å². The Morgan fingerprint density at radius 3 is 2.60 bits per heavy atom. The first-order valence-corrected chi connectivity index (χ1v) is 6.81. The zero-order valence-corrected chi connectivity index (χ0v) is 11.8. The molecule has 2 rings (SSSR count). The van der Waals surface area contributed by atoms with Crippen molar-refractivity contribution >= 4 is 17.6 Å². The minimum Gasteiger partial charge on any atom is -0.393 e. The van der Waals surface area contributed by atoms with Crippen LogP contribution in [0.1, 0.15) is 26.2 Å². The Bertz CT molecular complexity index is 451. The predicted molar refractivity (Wildman–Crippen MR) is 70.5 cm³/mol. The number of nitrogens with one attached hydrogen (secondary N) is 1. The minimum absolute atomic E-state index is 0.0442. The summed E-state index contributed by atoms with van der Waals surface area (Å²) in [6.07, 6.45) is 0.194. The van der Waals surface area contributed by atoms with Crippen molar-refractivity contribution in [3.05, 3.63) is 0 Å². The first kappa shape index (κ1) is 14.9. The molecule has 0 aromatic rings. The maximum absolute atomic E-state index is 12.3. The molecule has 112 valence electrons. The summed E-state index contributed by atoms with van der Waals surface area (Å²) in [4.78, 5) is 37.1. The number of Topliss-reactive ketones (excluding diaryl/α,β-unsaturated/α-hetero) is 1. The fraction of sp³-hybridized carbons (Fsp3) is 0.769. The summed E-state index contributed by atoms with van der Waals surface area (Å²) >= 11 is 0. The first-order valence-electron chi connectivity index (χ1n) is 6.81. The van der Waals surface area contributed by atoms with Crippen molar-refractivity contribution in [3.63, 3.8) is 0 Å². The molecule has 2 heterocycles. The van der Waals surface area contributed by atoms with E-state index in [0.29, 0.717) is 19.4 Å². The fourth-order valence-electron chi connectivity index (χ4n) is 3.13. The SMILES string of the molecule is C[C@@H](O)[C@H](CC(=O)C1CCC2(CNC2=O)N1C)C(N)=O. The van der Waals surface area contributed by atoms with Gasteiger partial charge in [-0.2, -0.15) is 0 Å². The average molecular weight is 283 g/mol. The Hall–Kier alpha value is -1.47. The van der Waals surface area contributed by atoms with E-state index in [1.165, 1.54) is 6.92 Å². The number of nitrogens with two attached hydrogens (primary N) is 1. The lowest BCUT2D eigenvalue weighted by Gasteiger charge is -2.44. The first-order chi connectivity index (χ1) is 9.29. The molecule has 0 aromatic heterocycles. The number of aliphatic hydroxyl groups is 1. The highest BCUT2D eigenvalue weighted by Crippen LogP contribution is 2.37. The smallest absolute Gasteiger partial charge is 0.242 e. The lowest BCUT2D eigenvalue weighted by molar-refractivity contribution is -0.143. The number of carbonyl (C=O) groups is 3. The molecule has 0 radical (unpaired) electrons. The van der Waals surface area contributed by atoms with Crippen molar-refractivity contribution in [1.82, 2.24) is 10.2 Å². The summed E-state index contributed by atoms with van der Waals surface area (Å²) in [5.74, 6) is -1.74. The maximum atomic E-state index is 12.3. The third kappa shape index (κ3) is 2.20. The van der Waals surface area contributed by atoms with E-state index < -0.39 is 23.5 Å². The second kappa shape index (κ2) is 5.14. The topological polar surface area (TPSA) is 113 Å². The molecule has 0 saturated carbocycles. The van der Waals surface area contributed by atoms with Crippen molar-refractivity contribution in [3.8, 4) is 0 Å². The van der Waals surface area contributed by atoms with Crippen LogP contribution in [0.2, 0.25) is 0 Å². The number of hydrogen-bond acceptors (Lipinski definition) is 5. The summed E-state index contributed by atoms with van der Waals surface area (Å²) in [5.41, 5.74) is 4.64. The van der Waals surface area contributed by atoms with Gasteiger partial charge in [-0.1, -0.05) is 0 Å². The monoisotopic (exact) mass is 283 g/mol. The van der Waals surface area contributed by atoms with E-state index in [4.69, 9.17) is 5.73 Å². The number of aliphatic hydroxyl groups excluding tert-OH is 1. The van der Waals surface area contributed by atoms with Crippen LogP contribution in [0.4, 0.5) is 0 Å². The van der Waals surface area contributed by atoms with E-state index in [-0.39, 0.29) is 24.2 Å². The molecule has 0 aromatic carbocycles. The van der Waals surface area contributed by atoms with Gasteiger partial charge in [0.1, 0.15) is 5.54 Å². The highest BCUT2D eigenvalue weighted by atomic mass is 16.3. The average Bonchev–Trinajstić information content (AvgIpc) is 2.73. The zero-order chi connectivity index (χ0) is 15.1. The normalized spacial score (nSPS) is 32.5. The molecule has 1 spiro atoms. The highest BCUT2D eigenvalue weighted by Gasteiger charge is 2.56. The van der Waals surface area contributed by atoms with Gasteiger partial charge >= 0.3 is 0 Å². The largest absolute Gasteiger partial charge is 0.393 e. The summed E-state index contributed by atoms with van der Waals surface area (Å²) in [6, 6.07) is -0.387. The molecular weight excluding hydrogens is 262 g/mol. The molecule has 2 aliphatic rings. The lowest BCUT2D eigenvalue weighted by Crippen LogP contribution is -2.71. The van der Waals surface area contributed by atoms with Crippen LogP contribution in [0.5, 0.6) is 0 Å². The van der Waals surface area contributed by atoms with E-state index in [2.05, 4.69) is 5.32 Å². The van der Waals surface area contributed by atoms with Crippen LogP contribution >= 0.6 is 0 Å². The quantitative estimate of drug-likeness (QED) is 0.525. The standard InChI is InChI=1S/C13H21N3O4/c1-7(17)8(11(14)19)5-10(18)9-3-4-13(16(9)2)6-15-12(13)20/h7-9,17H,3-6H2,1-2H3,(H2,14,19)(H,15,20)/t7-,8+,9?,13?/m1/s1. The molecule has 2 saturated heterocycles.